The molecule has 100 valence electrons. The van der Waals surface area contributed by atoms with Crippen molar-refractivity contribution in [2.45, 2.75) is 51.6 Å². The van der Waals surface area contributed by atoms with Crippen molar-refractivity contribution in [2.75, 3.05) is 6.61 Å². The third-order valence-electron chi connectivity index (χ3n) is 3.49. The van der Waals surface area contributed by atoms with Crippen LogP contribution in [0.2, 0.25) is 0 Å². The topological polar surface area (TPSA) is 55.0 Å². The van der Waals surface area contributed by atoms with Crippen LogP contribution in [0.1, 0.15) is 57.5 Å². The Morgan fingerprint density at radius 1 is 1.50 bits per heavy atom. The summed E-state index contributed by atoms with van der Waals surface area (Å²) in [6.07, 6.45) is 3.01. The van der Waals surface area contributed by atoms with E-state index < -0.39 is 5.60 Å². The van der Waals surface area contributed by atoms with Gasteiger partial charge >= 0.3 is 0 Å². The number of aromatic amines is 1. The Kier molecular flexibility index (Phi) is 3.92. The van der Waals surface area contributed by atoms with Gasteiger partial charge in [-0.2, -0.15) is 0 Å². The molecule has 18 heavy (non-hydrogen) atoms. The fourth-order valence-electron chi connectivity index (χ4n) is 2.01. The summed E-state index contributed by atoms with van der Waals surface area (Å²) in [4.78, 5) is 19.4. The quantitative estimate of drug-likeness (QED) is 0.908. The maximum absolute atomic E-state index is 12.0. The van der Waals surface area contributed by atoms with E-state index in [0.29, 0.717) is 22.8 Å². The number of H-pyrrole nitrogens is 1. The van der Waals surface area contributed by atoms with Crippen molar-refractivity contribution in [3.63, 3.8) is 0 Å². The molecule has 0 saturated heterocycles. The summed E-state index contributed by atoms with van der Waals surface area (Å²) in [6, 6.07) is 0. The average Bonchev–Trinajstić information content (AvgIpc) is 3.16. The van der Waals surface area contributed by atoms with Crippen LogP contribution in [0.5, 0.6) is 0 Å². The van der Waals surface area contributed by atoms with Crippen LogP contribution in [-0.4, -0.2) is 16.6 Å². The molecule has 1 N–H and O–H groups in total. The molecule has 2 rings (SSSR count). The molecule has 1 aromatic rings. The Morgan fingerprint density at radius 2 is 2.17 bits per heavy atom. The molecule has 1 aliphatic carbocycles. The fourth-order valence-corrected chi connectivity index (χ4v) is 2.52. The lowest BCUT2D eigenvalue weighted by Gasteiger charge is -2.27. The molecular weight excluding hydrogens is 296 g/mol. The molecule has 1 fully saturated rings. The number of ether oxygens (including phenoxy) is 1. The van der Waals surface area contributed by atoms with Crippen molar-refractivity contribution < 1.29 is 4.74 Å². The van der Waals surface area contributed by atoms with Gasteiger partial charge in [-0.3, -0.25) is 4.79 Å². The number of hydrogen-bond donors (Lipinski definition) is 1. The lowest BCUT2D eigenvalue weighted by molar-refractivity contribution is -0.0393. The summed E-state index contributed by atoms with van der Waals surface area (Å²) < 4.78 is 6.34. The zero-order valence-corrected chi connectivity index (χ0v) is 12.6. The summed E-state index contributed by atoms with van der Waals surface area (Å²) >= 11 is 3.34. The predicted molar refractivity (Wildman–Crippen MR) is 73.8 cm³/mol. The van der Waals surface area contributed by atoms with Crippen molar-refractivity contribution in [1.82, 2.24) is 9.97 Å². The highest BCUT2D eigenvalue weighted by atomic mass is 79.9. The van der Waals surface area contributed by atoms with Gasteiger partial charge < -0.3 is 9.72 Å². The smallest absolute Gasteiger partial charge is 0.265 e. The van der Waals surface area contributed by atoms with E-state index in [2.05, 4.69) is 25.9 Å². The highest BCUT2D eigenvalue weighted by molar-refractivity contribution is 9.10. The van der Waals surface area contributed by atoms with Crippen LogP contribution in [0.4, 0.5) is 0 Å². The number of hydrogen-bond acceptors (Lipinski definition) is 3. The van der Waals surface area contributed by atoms with Crippen LogP contribution in [0.15, 0.2) is 9.27 Å². The van der Waals surface area contributed by atoms with Gasteiger partial charge in [-0.05, 0) is 49.0 Å². The van der Waals surface area contributed by atoms with Crippen LogP contribution in [0.25, 0.3) is 0 Å². The van der Waals surface area contributed by atoms with Gasteiger partial charge in [-0.15, -0.1) is 0 Å². The van der Waals surface area contributed by atoms with Crippen LogP contribution in [0, 0.1) is 0 Å². The number of nitrogens with zero attached hydrogens (tertiary/aromatic N) is 1. The molecule has 0 bridgehead atoms. The fraction of sp³-hybridized carbons (Fsp3) is 0.692. The van der Waals surface area contributed by atoms with Crippen LogP contribution >= 0.6 is 15.9 Å². The monoisotopic (exact) mass is 314 g/mol. The second kappa shape index (κ2) is 5.13. The van der Waals surface area contributed by atoms with E-state index in [-0.39, 0.29) is 5.56 Å². The molecule has 1 heterocycles. The number of aromatic nitrogens is 2. The minimum absolute atomic E-state index is 0.110. The normalized spacial score (nSPS) is 18.7. The predicted octanol–water partition coefficient (Wildman–Crippen LogP) is 3.07. The second-order valence-corrected chi connectivity index (χ2v) is 5.70. The molecule has 0 radical (unpaired) electrons. The van der Waals surface area contributed by atoms with Crippen molar-refractivity contribution in [3.05, 3.63) is 26.3 Å². The molecule has 0 spiro atoms. The molecule has 4 nitrogen and oxygen atoms in total. The van der Waals surface area contributed by atoms with Crippen molar-refractivity contribution in [2.24, 2.45) is 0 Å². The third kappa shape index (κ3) is 2.52. The molecule has 1 saturated carbocycles. The van der Waals surface area contributed by atoms with Crippen LogP contribution < -0.4 is 5.56 Å². The molecule has 0 aromatic carbocycles. The largest absolute Gasteiger partial charge is 0.368 e. The SMILES string of the molecule is CCOC(C)(CC)c1nc(C2CC2)c(Br)c(=O)[nH]1. The van der Waals surface area contributed by atoms with Crippen molar-refractivity contribution in [1.29, 1.82) is 0 Å². The van der Waals surface area contributed by atoms with Gasteiger partial charge in [0, 0.05) is 12.5 Å². The molecule has 5 heteroatoms. The Labute approximate surface area is 115 Å². The maximum Gasteiger partial charge on any atom is 0.265 e. The van der Waals surface area contributed by atoms with Gasteiger partial charge in [0.05, 0.1) is 5.69 Å². The number of rotatable bonds is 5. The molecule has 0 amide bonds. The first-order chi connectivity index (χ1) is 8.51. The second-order valence-electron chi connectivity index (χ2n) is 4.91. The molecule has 1 atom stereocenters. The number of halogens is 1. The maximum atomic E-state index is 12.0. The lowest BCUT2D eigenvalue weighted by atomic mass is 10.0. The Morgan fingerprint density at radius 3 is 2.67 bits per heavy atom. The van der Waals surface area contributed by atoms with Gasteiger partial charge in [0.1, 0.15) is 15.9 Å². The lowest BCUT2D eigenvalue weighted by Crippen LogP contribution is -2.31. The third-order valence-corrected chi connectivity index (χ3v) is 4.26. The Hall–Kier alpha value is -0.680. The molecule has 1 unspecified atom stereocenters. The average molecular weight is 315 g/mol. The highest BCUT2D eigenvalue weighted by Crippen LogP contribution is 2.41. The minimum atomic E-state index is -0.516. The van der Waals surface area contributed by atoms with E-state index in [0.717, 1.165) is 25.0 Å². The standard InChI is InChI=1S/C13H19BrN2O2/c1-4-13(3,18-5-2)12-15-10(8-6-7-8)9(14)11(17)16-12/h8H,4-7H2,1-3H3,(H,15,16,17). The molecule has 1 aromatic heterocycles. The van der Waals surface area contributed by atoms with E-state index in [4.69, 9.17) is 4.74 Å². The first-order valence-corrected chi connectivity index (χ1v) is 7.25. The van der Waals surface area contributed by atoms with Gasteiger partial charge in [-0.25, -0.2) is 4.98 Å². The Balaban J connectivity index is 2.47. The van der Waals surface area contributed by atoms with Gasteiger partial charge in [0.2, 0.25) is 0 Å². The minimum Gasteiger partial charge on any atom is -0.368 e. The van der Waals surface area contributed by atoms with Crippen LogP contribution in [-0.2, 0) is 10.3 Å². The van der Waals surface area contributed by atoms with E-state index in [1.54, 1.807) is 0 Å². The Bertz CT molecular complexity index is 496. The van der Waals surface area contributed by atoms with Gasteiger partial charge in [0.25, 0.3) is 5.56 Å². The van der Waals surface area contributed by atoms with E-state index in [9.17, 15) is 4.79 Å². The van der Waals surface area contributed by atoms with Crippen molar-refractivity contribution >= 4 is 15.9 Å². The van der Waals surface area contributed by atoms with E-state index in [1.807, 2.05) is 20.8 Å². The van der Waals surface area contributed by atoms with Crippen LogP contribution in [0.3, 0.4) is 0 Å². The first kappa shape index (κ1) is 13.7. The van der Waals surface area contributed by atoms with Crippen molar-refractivity contribution in [3.8, 4) is 0 Å². The van der Waals surface area contributed by atoms with Gasteiger partial charge in [0.15, 0.2) is 0 Å². The summed E-state index contributed by atoms with van der Waals surface area (Å²) in [5.74, 6) is 1.07. The summed E-state index contributed by atoms with van der Waals surface area (Å²) in [5.41, 5.74) is 0.257. The highest BCUT2D eigenvalue weighted by Gasteiger charge is 2.33. The molecule has 1 aliphatic rings. The zero-order valence-electron chi connectivity index (χ0n) is 11.0. The van der Waals surface area contributed by atoms with Gasteiger partial charge in [-0.1, -0.05) is 6.92 Å². The number of nitrogens with one attached hydrogen (secondary N) is 1. The van der Waals surface area contributed by atoms with E-state index >= 15 is 0 Å². The van der Waals surface area contributed by atoms with E-state index in [1.165, 1.54) is 0 Å². The zero-order chi connectivity index (χ0) is 13.3. The molecule has 0 aliphatic heterocycles. The summed E-state index contributed by atoms with van der Waals surface area (Å²) in [5, 5.41) is 0. The summed E-state index contributed by atoms with van der Waals surface area (Å²) in [7, 11) is 0. The molecular formula is C13H19BrN2O2. The first-order valence-electron chi connectivity index (χ1n) is 6.46. The summed E-state index contributed by atoms with van der Waals surface area (Å²) in [6.45, 7) is 6.56.